The Bertz CT molecular complexity index is 379. The molecule has 0 aromatic heterocycles. The van der Waals surface area contributed by atoms with E-state index in [2.05, 4.69) is 0 Å². The van der Waals surface area contributed by atoms with E-state index in [9.17, 15) is 8.42 Å². The third-order valence-corrected chi connectivity index (χ3v) is 2.89. The molecule has 0 saturated heterocycles. The molecule has 0 saturated carbocycles. The van der Waals surface area contributed by atoms with Gasteiger partial charge in [-0.1, -0.05) is 23.2 Å². The van der Waals surface area contributed by atoms with Crippen LogP contribution in [0.1, 0.15) is 0 Å². The summed E-state index contributed by atoms with van der Waals surface area (Å²) in [4.78, 5) is -0.0957. The summed E-state index contributed by atoms with van der Waals surface area (Å²) in [5.74, 6) is 0. The van der Waals surface area contributed by atoms with Crippen LogP contribution in [0.2, 0.25) is 10.0 Å². The van der Waals surface area contributed by atoms with Crippen molar-refractivity contribution < 1.29 is 8.42 Å². The number of benzene rings is 1. The van der Waals surface area contributed by atoms with Gasteiger partial charge in [0.1, 0.15) is 0 Å². The van der Waals surface area contributed by atoms with E-state index >= 15 is 0 Å². The van der Waals surface area contributed by atoms with Crippen LogP contribution in [0.4, 0.5) is 0 Å². The molecule has 0 aliphatic carbocycles. The molecule has 0 atom stereocenters. The lowest BCUT2D eigenvalue weighted by Gasteiger charge is -1.97. The predicted octanol–water partition coefficient (Wildman–Crippen LogP) is 2.92. The number of hydrogen-bond donors (Lipinski definition) is 0. The maximum Gasteiger partial charge on any atom is 0.261 e. The quantitative estimate of drug-likeness (QED) is 0.716. The first-order valence-electron chi connectivity index (χ1n) is 2.80. The highest BCUT2D eigenvalue weighted by atomic mass is 36.3. The van der Waals surface area contributed by atoms with Gasteiger partial charge >= 0.3 is 0 Å². The zero-order valence-electron chi connectivity index (χ0n) is 5.59. The Labute approximate surface area is 84.5 Å². The Kier molecular flexibility index (Phi) is 2.88. The maximum atomic E-state index is 10.8. The molecule has 0 spiro atoms. The van der Waals surface area contributed by atoms with Gasteiger partial charge in [-0.05, 0) is 18.2 Å². The van der Waals surface area contributed by atoms with Gasteiger partial charge in [0.2, 0.25) is 0 Å². The highest BCUT2D eigenvalue weighted by Crippen LogP contribution is 2.24. The van der Waals surface area contributed by atoms with E-state index in [4.69, 9.17) is 33.9 Å². The van der Waals surface area contributed by atoms with Crippen LogP contribution in [0.25, 0.3) is 0 Å². The van der Waals surface area contributed by atoms with Gasteiger partial charge in [-0.2, -0.15) is 0 Å². The van der Waals surface area contributed by atoms with E-state index in [1.54, 1.807) is 0 Å². The number of hydrogen-bond acceptors (Lipinski definition) is 2. The molecule has 0 aliphatic heterocycles. The van der Waals surface area contributed by atoms with Crippen LogP contribution in [0.3, 0.4) is 0 Å². The van der Waals surface area contributed by atoms with Gasteiger partial charge in [-0.25, -0.2) is 8.42 Å². The van der Waals surface area contributed by atoms with E-state index in [-0.39, 0.29) is 14.9 Å². The summed E-state index contributed by atoms with van der Waals surface area (Å²) in [6, 6.07) is 3.89. The molecule has 0 unspecified atom stereocenters. The molecule has 0 radical (unpaired) electrons. The molecule has 0 amide bonds. The molecule has 66 valence electrons. The predicted molar refractivity (Wildman–Crippen MR) is 49.5 cm³/mol. The van der Waals surface area contributed by atoms with Gasteiger partial charge in [0.25, 0.3) is 9.05 Å². The second kappa shape index (κ2) is 3.42. The van der Waals surface area contributed by atoms with Gasteiger partial charge in [0.05, 0.1) is 4.90 Å². The van der Waals surface area contributed by atoms with E-state index < -0.39 is 9.05 Å². The van der Waals surface area contributed by atoms with Gasteiger partial charge in [0, 0.05) is 20.7 Å². The average Bonchev–Trinajstić information content (AvgIpc) is 1.82. The third-order valence-electron chi connectivity index (χ3n) is 1.12. The molecule has 1 rings (SSSR count). The molecular formula is C6H3Cl3O2S. The first-order valence-corrected chi connectivity index (χ1v) is 5.87. The standard InChI is InChI=1S/C6H3Cl3O2S/c7-4-1-5(8)3-6(2-4)12(9,10)11/h1-3H/i12+3. The fourth-order valence-corrected chi connectivity index (χ4v) is 2.13. The van der Waals surface area contributed by atoms with Crippen LogP contribution < -0.4 is 0 Å². The van der Waals surface area contributed by atoms with Crippen LogP contribution in [0.5, 0.6) is 0 Å². The van der Waals surface area contributed by atoms with E-state index in [0.717, 1.165) is 0 Å². The lowest BCUT2D eigenvalue weighted by molar-refractivity contribution is 0.609. The second-order valence-corrected chi connectivity index (χ2v) is 5.48. The molecule has 0 heterocycles. The Morgan fingerprint density at radius 3 is 1.75 bits per heavy atom. The molecule has 2 nitrogen and oxygen atoms in total. The van der Waals surface area contributed by atoms with Crippen molar-refractivity contribution in [3.63, 3.8) is 0 Å². The summed E-state index contributed by atoms with van der Waals surface area (Å²) in [5.41, 5.74) is 0. The Balaban J connectivity index is 3.37. The molecule has 0 fully saturated rings. The Morgan fingerprint density at radius 2 is 1.42 bits per heavy atom. The fraction of sp³-hybridized carbons (Fsp3) is 0. The SMILES string of the molecule is O=[35S](=O)(Cl)c1cc(Cl)cc(Cl)c1. The molecule has 0 bridgehead atoms. The molecule has 1 aromatic rings. The molecule has 6 heteroatoms. The van der Waals surface area contributed by atoms with E-state index in [0.29, 0.717) is 0 Å². The van der Waals surface area contributed by atoms with Crippen LogP contribution in [0.15, 0.2) is 23.1 Å². The first-order chi connectivity index (χ1) is 5.39. The molecular weight excluding hydrogens is 245 g/mol. The Morgan fingerprint density at radius 1 is 1.00 bits per heavy atom. The highest BCUT2D eigenvalue weighted by Gasteiger charge is 2.11. The zero-order chi connectivity index (χ0) is 9.35. The molecule has 0 N–H and O–H groups in total. The van der Waals surface area contributed by atoms with Crippen molar-refractivity contribution in [3.8, 4) is 0 Å². The Hall–Kier alpha value is 0.0400. The minimum Gasteiger partial charge on any atom is -0.207 e. The van der Waals surface area contributed by atoms with Gasteiger partial charge < -0.3 is 0 Å². The number of rotatable bonds is 1. The van der Waals surface area contributed by atoms with Gasteiger partial charge in [-0.3, -0.25) is 0 Å². The fourth-order valence-electron chi connectivity index (χ4n) is 0.669. The summed E-state index contributed by atoms with van der Waals surface area (Å²) in [6.45, 7) is 0. The van der Waals surface area contributed by atoms with Crippen LogP contribution in [0, 0.1) is 0 Å². The van der Waals surface area contributed by atoms with Crippen molar-refractivity contribution in [2.45, 2.75) is 4.90 Å². The average molecular weight is 248 g/mol. The summed E-state index contributed by atoms with van der Waals surface area (Å²) in [6.07, 6.45) is 0. The largest absolute Gasteiger partial charge is 0.261 e. The van der Waals surface area contributed by atoms with Crippen molar-refractivity contribution in [2.75, 3.05) is 0 Å². The van der Waals surface area contributed by atoms with Crippen molar-refractivity contribution in [2.24, 2.45) is 0 Å². The monoisotopic (exact) mass is 247 g/mol. The topological polar surface area (TPSA) is 34.1 Å². The first kappa shape index (κ1) is 10.1. The second-order valence-electron chi connectivity index (χ2n) is 2.04. The zero-order valence-corrected chi connectivity index (χ0v) is 8.67. The lowest BCUT2D eigenvalue weighted by Crippen LogP contribution is -1.89. The smallest absolute Gasteiger partial charge is 0.207 e. The van der Waals surface area contributed by atoms with Crippen molar-refractivity contribution in [1.82, 2.24) is 0 Å². The molecule has 1 aromatic carbocycles. The van der Waals surface area contributed by atoms with Gasteiger partial charge in [0.15, 0.2) is 0 Å². The summed E-state index contributed by atoms with van der Waals surface area (Å²) < 4.78 is 21.6. The van der Waals surface area contributed by atoms with Crippen LogP contribution in [-0.2, 0) is 9.05 Å². The molecule has 12 heavy (non-hydrogen) atoms. The maximum absolute atomic E-state index is 10.8. The van der Waals surface area contributed by atoms with E-state index in [1.807, 2.05) is 0 Å². The van der Waals surface area contributed by atoms with Crippen LogP contribution >= 0.6 is 33.9 Å². The number of halogens is 3. The van der Waals surface area contributed by atoms with Crippen molar-refractivity contribution in [1.29, 1.82) is 0 Å². The summed E-state index contributed by atoms with van der Waals surface area (Å²) in [7, 11) is 1.31. The minimum absolute atomic E-state index is 0.0957. The van der Waals surface area contributed by atoms with Crippen molar-refractivity contribution >= 4 is 42.9 Å². The highest BCUT2D eigenvalue weighted by molar-refractivity contribution is 8.13. The third kappa shape index (κ3) is 2.52. The van der Waals surface area contributed by atoms with Gasteiger partial charge in [-0.15, -0.1) is 0 Å². The van der Waals surface area contributed by atoms with Crippen LogP contribution in [-0.4, -0.2) is 8.42 Å². The normalized spacial score (nSPS) is 11.6. The summed E-state index contributed by atoms with van der Waals surface area (Å²) in [5, 5.41) is 0.475. The minimum atomic E-state index is -3.74. The lowest BCUT2D eigenvalue weighted by atomic mass is 10.4. The summed E-state index contributed by atoms with van der Waals surface area (Å²) >= 11 is 11.1. The molecule has 0 aliphatic rings. The van der Waals surface area contributed by atoms with E-state index in [1.165, 1.54) is 18.2 Å². The van der Waals surface area contributed by atoms with Crippen molar-refractivity contribution in [3.05, 3.63) is 28.2 Å².